The molecule has 18 heavy (non-hydrogen) atoms. The van der Waals surface area contributed by atoms with Crippen LogP contribution in [0.4, 0.5) is 0 Å². The second-order valence-electron chi connectivity index (χ2n) is 3.63. The van der Waals surface area contributed by atoms with Gasteiger partial charge in [-0.3, -0.25) is 0 Å². The van der Waals surface area contributed by atoms with E-state index >= 15 is 0 Å². The topological polar surface area (TPSA) is 93.1 Å². The monoisotopic (exact) mass is 264 g/mol. The van der Waals surface area contributed by atoms with Gasteiger partial charge >= 0.3 is 11.9 Å². The molecule has 108 valence electrons. The third-order valence-corrected chi connectivity index (χ3v) is 1.71. The molecule has 0 aliphatic rings. The lowest BCUT2D eigenvalue weighted by Crippen LogP contribution is -2.19. The average Bonchev–Trinajstić information content (AvgIpc) is 2.30. The van der Waals surface area contributed by atoms with Crippen LogP contribution in [0.1, 0.15) is 40.5 Å². The molecule has 0 saturated carbocycles. The fourth-order valence-electron chi connectivity index (χ4n) is 0.701. The highest BCUT2D eigenvalue weighted by Crippen LogP contribution is 1.91. The number of aliphatic hydroxyl groups excluding tert-OH is 2. The first kappa shape index (κ1) is 19.2. The van der Waals surface area contributed by atoms with Crippen LogP contribution in [0.3, 0.4) is 0 Å². The van der Waals surface area contributed by atoms with Crippen molar-refractivity contribution in [3.63, 3.8) is 0 Å². The number of ether oxygens (including phenoxy) is 2. The summed E-state index contributed by atoms with van der Waals surface area (Å²) in [6, 6.07) is 0. The molecule has 0 rings (SSSR count). The van der Waals surface area contributed by atoms with Gasteiger partial charge in [0.05, 0.1) is 13.2 Å². The number of rotatable bonds is 6. The minimum atomic E-state index is -0.991. The molecule has 0 bridgehead atoms. The van der Waals surface area contributed by atoms with Crippen LogP contribution in [-0.4, -0.2) is 47.6 Å². The van der Waals surface area contributed by atoms with Gasteiger partial charge in [0.25, 0.3) is 0 Å². The van der Waals surface area contributed by atoms with Crippen molar-refractivity contribution in [2.24, 2.45) is 0 Å². The van der Waals surface area contributed by atoms with Crippen LogP contribution in [0.15, 0.2) is 0 Å². The normalized spacial score (nSPS) is 12.8. The molecule has 0 amide bonds. The van der Waals surface area contributed by atoms with Crippen molar-refractivity contribution in [3.05, 3.63) is 0 Å². The first-order valence-electron chi connectivity index (χ1n) is 6.06. The van der Waals surface area contributed by atoms with Crippen molar-refractivity contribution in [1.29, 1.82) is 0 Å². The van der Waals surface area contributed by atoms with E-state index in [4.69, 9.17) is 10.2 Å². The zero-order valence-corrected chi connectivity index (χ0v) is 11.5. The number of hydrogen-bond acceptors (Lipinski definition) is 6. The molecule has 0 spiro atoms. The minimum absolute atomic E-state index is 0.323. The number of esters is 2. The molecule has 0 aromatic heterocycles. The van der Waals surface area contributed by atoms with Gasteiger partial charge in [-0.2, -0.15) is 0 Å². The second-order valence-corrected chi connectivity index (χ2v) is 3.63. The summed E-state index contributed by atoms with van der Waals surface area (Å²) in [7, 11) is 0. The van der Waals surface area contributed by atoms with Crippen LogP contribution in [0.2, 0.25) is 0 Å². The number of aliphatic hydroxyl groups is 2. The minimum Gasteiger partial charge on any atom is -0.464 e. The maximum atomic E-state index is 10.5. The van der Waals surface area contributed by atoms with Crippen molar-refractivity contribution < 1.29 is 29.3 Å². The standard InChI is InChI=1S/C7H14O3.C5H10O3/c1-3-4-5-10-7(9)6(2)8;1-3-8-5(7)4(2)6/h6,8H,3-5H2,1-2H3;4,6H,3H2,1-2H3. The molecule has 0 aliphatic carbocycles. The van der Waals surface area contributed by atoms with E-state index in [0.717, 1.165) is 12.8 Å². The van der Waals surface area contributed by atoms with Crippen LogP contribution in [0.5, 0.6) is 0 Å². The Kier molecular flexibility index (Phi) is 13.1. The highest BCUT2D eigenvalue weighted by atomic mass is 16.5. The summed E-state index contributed by atoms with van der Waals surface area (Å²) in [4.78, 5) is 20.8. The Hall–Kier alpha value is -1.14. The van der Waals surface area contributed by atoms with Gasteiger partial charge in [0.1, 0.15) is 12.2 Å². The lowest BCUT2D eigenvalue weighted by Gasteiger charge is -2.04. The number of hydrogen-bond donors (Lipinski definition) is 2. The maximum absolute atomic E-state index is 10.5. The molecule has 6 heteroatoms. The molecular weight excluding hydrogens is 240 g/mol. The molecule has 2 unspecified atom stereocenters. The Bertz CT molecular complexity index is 225. The van der Waals surface area contributed by atoms with Gasteiger partial charge in [-0.1, -0.05) is 13.3 Å². The smallest absolute Gasteiger partial charge is 0.334 e. The zero-order chi connectivity index (χ0) is 14.6. The fraction of sp³-hybridized carbons (Fsp3) is 0.833. The Morgan fingerprint density at radius 1 is 1.00 bits per heavy atom. The maximum Gasteiger partial charge on any atom is 0.334 e. The van der Waals surface area contributed by atoms with E-state index in [1.165, 1.54) is 13.8 Å². The molecule has 0 radical (unpaired) electrons. The van der Waals surface area contributed by atoms with Crippen LogP contribution in [-0.2, 0) is 19.1 Å². The Morgan fingerprint density at radius 3 is 1.72 bits per heavy atom. The molecule has 6 nitrogen and oxygen atoms in total. The van der Waals surface area contributed by atoms with E-state index in [0.29, 0.717) is 13.2 Å². The molecule has 0 heterocycles. The molecule has 0 fully saturated rings. The Morgan fingerprint density at radius 2 is 1.44 bits per heavy atom. The lowest BCUT2D eigenvalue weighted by molar-refractivity contribution is -0.153. The molecule has 0 aromatic rings. The van der Waals surface area contributed by atoms with E-state index in [1.807, 2.05) is 6.92 Å². The summed E-state index contributed by atoms with van der Waals surface area (Å²) in [5.74, 6) is -1.10. The zero-order valence-electron chi connectivity index (χ0n) is 11.5. The highest BCUT2D eigenvalue weighted by Gasteiger charge is 2.08. The van der Waals surface area contributed by atoms with Crippen molar-refractivity contribution in [1.82, 2.24) is 0 Å². The van der Waals surface area contributed by atoms with E-state index in [9.17, 15) is 9.59 Å². The predicted octanol–water partition coefficient (Wildman–Crippen LogP) is 0.641. The molecule has 0 aromatic carbocycles. The van der Waals surface area contributed by atoms with Crippen molar-refractivity contribution in [2.75, 3.05) is 13.2 Å². The second kappa shape index (κ2) is 12.3. The van der Waals surface area contributed by atoms with Gasteiger partial charge in [-0.05, 0) is 27.2 Å². The number of carbonyl (C=O) groups is 2. The predicted molar refractivity (Wildman–Crippen MR) is 65.9 cm³/mol. The van der Waals surface area contributed by atoms with Crippen LogP contribution < -0.4 is 0 Å². The largest absolute Gasteiger partial charge is 0.464 e. The molecule has 2 atom stereocenters. The first-order chi connectivity index (χ1) is 8.36. The van der Waals surface area contributed by atoms with Gasteiger partial charge in [0.2, 0.25) is 0 Å². The SMILES string of the molecule is CCCCOC(=O)C(C)O.CCOC(=O)C(C)O. The number of carbonyl (C=O) groups excluding carboxylic acids is 2. The van der Waals surface area contributed by atoms with Crippen molar-refractivity contribution in [3.8, 4) is 0 Å². The van der Waals surface area contributed by atoms with Gasteiger partial charge in [-0.25, -0.2) is 9.59 Å². The van der Waals surface area contributed by atoms with Crippen molar-refractivity contribution >= 4 is 11.9 Å². The summed E-state index contributed by atoms with van der Waals surface area (Å²) in [6.07, 6.45) is -0.127. The highest BCUT2D eigenvalue weighted by molar-refractivity contribution is 5.74. The van der Waals surface area contributed by atoms with Gasteiger partial charge in [0.15, 0.2) is 0 Å². The van der Waals surface area contributed by atoms with Crippen LogP contribution in [0.25, 0.3) is 0 Å². The summed E-state index contributed by atoms with van der Waals surface area (Å²) in [6.45, 7) is 7.22. The summed E-state index contributed by atoms with van der Waals surface area (Å²) >= 11 is 0. The summed E-state index contributed by atoms with van der Waals surface area (Å²) in [5, 5.41) is 17.1. The number of unbranched alkanes of at least 4 members (excludes halogenated alkanes) is 1. The van der Waals surface area contributed by atoms with Crippen LogP contribution in [0, 0.1) is 0 Å². The van der Waals surface area contributed by atoms with E-state index < -0.39 is 24.1 Å². The lowest BCUT2D eigenvalue weighted by atomic mass is 10.3. The van der Waals surface area contributed by atoms with Gasteiger partial charge in [-0.15, -0.1) is 0 Å². The van der Waals surface area contributed by atoms with Crippen LogP contribution >= 0.6 is 0 Å². The van der Waals surface area contributed by atoms with Gasteiger partial charge in [0, 0.05) is 0 Å². The summed E-state index contributed by atoms with van der Waals surface area (Å²) in [5.41, 5.74) is 0. The summed E-state index contributed by atoms with van der Waals surface area (Å²) < 4.78 is 9.07. The Balaban J connectivity index is 0. The quantitative estimate of drug-likeness (QED) is 0.540. The third kappa shape index (κ3) is 12.9. The molecule has 2 N–H and O–H groups in total. The van der Waals surface area contributed by atoms with Gasteiger partial charge < -0.3 is 19.7 Å². The fourth-order valence-corrected chi connectivity index (χ4v) is 0.701. The van der Waals surface area contributed by atoms with E-state index in [1.54, 1.807) is 6.92 Å². The first-order valence-corrected chi connectivity index (χ1v) is 6.06. The van der Waals surface area contributed by atoms with E-state index in [-0.39, 0.29) is 0 Å². The Labute approximate surface area is 108 Å². The average molecular weight is 264 g/mol. The molecular formula is C12H24O6. The van der Waals surface area contributed by atoms with E-state index in [2.05, 4.69) is 9.47 Å². The van der Waals surface area contributed by atoms with Crippen molar-refractivity contribution in [2.45, 2.75) is 52.7 Å². The third-order valence-electron chi connectivity index (χ3n) is 1.71. The molecule has 0 aliphatic heterocycles. The molecule has 0 saturated heterocycles.